The highest BCUT2D eigenvalue weighted by atomic mass is 35.5. The Morgan fingerprint density at radius 3 is 2.73 bits per heavy atom. The van der Waals surface area contributed by atoms with Gasteiger partial charge in [-0.05, 0) is 43.9 Å². The van der Waals surface area contributed by atoms with E-state index < -0.39 is 0 Å². The Hall–Kier alpha value is 0.0300. The van der Waals surface area contributed by atoms with E-state index in [2.05, 4.69) is 6.08 Å². The van der Waals surface area contributed by atoms with Crippen molar-refractivity contribution in [2.75, 3.05) is 5.88 Å². The summed E-state index contributed by atoms with van der Waals surface area (Å²) < 4.78 is 0. The summed E-state index contributed by atoms with van der Waals surface area (Å²) in [7, 11) is 0. The molecule has 0 aromatic heterocycles. The van der Waals surface area contributed by atoms with Gasteiger partial charge in [0.05, 0.1) is 0 Å². The maximum Gasteiger partial charge on any atom is 0.0283 e. The molecule has 0 spiro atoms. The predicted octanol–water partition coefficient (Wildman–Crippen LogP) is 3.51. The summed E-state index contributed by atoms with van der Waals surface area (Å²) in [6.07, 6.45) is 10.5. The summed E-state index contributed by atoms with van der Waals surface area (Å²) in [5, 5.41) is 0. The Morgan fingerprint density at radius 2 is 2.27 bits per heavy atom. The van der Waals surface area contributed by atoms with Crippen LogP contribution in [0.2, 0.25) is 0 Å². The van der Waals surface area contributed by atoms with Crippen molar-refractivity contribution >= 4 is 11.6 Å². The predicted molar refractivity (Wildman–Crippen MR) is 48.9 cm³/mol. The molecule has 0 nitrogen and oxygen atoms in total. The molecule has 2 aliphatic rings. The van der Waals surface area contributed by atoms with Gasteiger partial charge in [0.1, 0.15) is 0 Å². The van der Waals surface area contributed by atoms with Gasteiger partial charge in [-0.1, -0.05) is 11.6 Å². The summed E-state index contributed by atoms with van der Waals surface area (Å²) in [6.45, 7) is 0. The minimum absolute atomic E-state index is 0.553. The third-order valence-electron chi connectivity index (χ3n) is 2.98. The number of hydrogen-bond acceptors (Lipinski definition) is 0. The van der Waals surface area contributed by atoms with Gasteiger partial charge in [-0.2, -0.15) is 0 Å². The first-order valence-corrected chi connectivity index (χ1v) is 5.12. The van der Waals surface area contributed by atoms with E-state index in [1.807, 2.05) is 0 Å². The molecule has 1 fully saturated rings. The van der Waals surface area contributed by atoms with Crippen molar-refractivity contribution in [1.29, 1.82) is 0 Å². The van der Waals surface area contributed by atoms with E-state index in [-0.39, 0.29) is 0 Å². The lowest BCUT2D eigenvalue weighted by Gasteiger charge is -2.10. The molecule has 0 unspecified atom stereocenters. The van der Waals surface area contributed by atoms with Crippen molar-refractivity contribution in [2.24, 2.45) is 5.41 Å². The molecule has 0 aliphatic heterocycles. The molecule has 62 valence electrons. The number of hydrogen-bond donors (Lipinski definition) is 0. The number of rotatable bonds is 3. The quantitative estimate of drug-likeness (QED) is 0.449. The molecule has 0 heterocycles. The maximum absolute atomic E-state index is 5.91. The topological polar surface area (TPSA) is 0 Å². The second-order valence-electron chi connectivity index (χ2n) is 4.07. The monoisotopic (exact) mass is 170 g/mol. The van der Waals surface area contributed by atoms with Crippen LogP contribution in [0.15, 0.2) is 11.6 Å². The first kappa shape index (κ1) is 7.67. The second-order valence-corrected chi connectivity index (χ2v) is 4.33. The second kappa shape index (κ2) is 2.82. The van der Waals surface area contributed by atoms with Crippen LogP contribution in [-0.4, -0.2) is 5.88 Å². The molecule has 1 heteroatoms. The summed E-state index contributed by atoms with van der Waals surface area (Å²) in [5.74, 6) is 0.879. The van der Waals surface area contributed by atoms with Crippen LogP contribution < -0.4 is 0 Å². The average molecular weight is 171 g/mol. The molecule has 2 rings (SSSR count). The molecule has 0 aromatic rings. The Kier molecular flexibility index (Phi) is 1.97. The normalized spacial score (nSPS) is 26.8. The van der Waals surface area contributed by atoms with E-state index in [0.29, 0.717) is 5.41 Å². The molecular weight excluding hydrogens is 156 g/mol. The third kappa shape index (κ3) is 1.61. The van der Waals surface area contributed by atoms with Crippen molar-refractivity contribution in [3.63, 3.8) is 0 Å². The van der Waals surface area contributed by atoms with E-state index in [4.69, 9.17) is 11.6 Å². The van der Waals surface area contributed by atoms with E-state index in [0.717, 1.165) is 5.88 Å². The standard InChI is InChI=1S/C10H15Cl/c11-8-10(5-6-10)7-9-3-1-2-4-9/h3H,1-2,4-8H2. The van der Waals surface area contributed by atoms with Crippen molar-refractivity contribution in [3.8, 4) is 0 Å². The third-order valence-corrected chi connectivity index (χ3v) is 3.54. The Balaban J connectivity index is 1.89. The summed E-state index contributed by atoms with van der Waals surface area (Å²) in [5.41, 5.74) is 2.24. The largest absolute Gasteiger partial charge is 0.126 e. The smallest absolute Gasteiger partial charge is 0.0283 e. The van der Waals surface area contributed by atoms with Gasteiger partial charge in [0.15, 0.2) is 0 Å². The fraction of sp³-hybridized carbons (Fsp3) is 0.800. The van der Waals surface area contributed by atoms with E-state index in [9.17, 15) is 0 Å². The van der Waals surface area contributed by atoms with Gasteiger partial charge in [-0.25, -0.2) is 0 Å². The summed E-state index contributed by atoms with van der Waals surface area (Å²) >= 11 is 5.91. The van der Waals surface area contributed by atoms with Gasteiger partial charge in [0.25, 0.3) is 0 Å². The highest BCUT2D eigenvalue weighted by molar-refractivity contribution is 6.18. The molecule has 0 aromatic carbocycles. The van der Waals surface area contributed by atoms with Crippen LogP contribution in [0, 0.1) is 5.41 Å². The molecule has 0 saturated heterocycles. The molecule has 1 saturated carbocycles. The van der Waals surface area contributed by atoms with Crippen LogP contribution in [-0.2, 0) is 0 Å². The van der Waals surface area contributed by atoms with Crippen molar-refractivity contribution < 1.29 is 0 Å². The van der Waals surface area contributed by atoms with E-state index >= 15 is 0 Å². The highest BCUT2D eigenvalue weighted by Gasteiger charge is 2.41. The summed E-state index contributed by atoms with van der Waals surface area (Å²) in [6, 6.07) is 0. The highest BCUT2D eigenvalue weighted by Crippen LogP contribution is 2.52. The van der Waals surface area contributed by atoms with Crippen LogP contribution in [0.1, 0.15) is 38.5 Å². The van der Waals surface area contributed by atoms with E-state index in [1.54, 1.807) is 5.57 Å². The summed E-state index contributed by atoms with van der Waals surface area (Å²) in [4.78, 5) is 0. The van der Waals surface area contributed by atoms with Gasteiger partial charge in [0.2, 0.25) is 0 Å². The molecule has 2 aliphatic carbocycles. The Bertz CT molecular complexity index is 177. The average Bonchev–Trinajstić information content (AvgIpc) is 2.59. The maximum atomic E-state index is 5.91. The zero-order valence-corrected chi connectivity index (χ0v) is 7.66. The van der Waals surface area contributed by atoms with E-state index in [1.165, 1.54) is 38.5 Å². The van der Waals surface area contributed by atoms with Crippen LogP contribution in [0.5, 0.6) is 0 Å². The number of allylic oxidation sites excluding steroid dienone is 2. The zero-order valence-electron chi connectivity index (χ0n) is 6.91. The molecular formula is C10H15Cl. The van der Waals surface area contributed by atoms with Gasteiger partial charge in [-0.15, -0.1) is 11.6 Å². The fourth-order valence-corrected chi connectivity index (χ4v) is 2.28. The number of alkyl halides is 1. The molecule has 0 N–H and O–H groups in total. The van der Waals surface area contributed by atoms with Gasteiger partial charge in [-0.3, -0.25) is 0 Å². The molecule has 0 radical (unpaired) electrons. The van der Waals surface area contributed by atoms with Crippen molar-refractivity contribution in [3.05, 3.63) is 11.6 Å². The van der Waals surface area contributed by atoms with Crippen LogP contribution in [0.3, 0.4) is 0 Å². The Morgan fingerprint density at radius 1 is 1.45 bits per heavy atom. The lowest BCUT2D eigenvalue weighted by atomic mass is 9.98. The molecule has 11 heavy (non-hydrogen) atoms. The zero-order chi connectivity index (χ0) is 7.73. The van der Waals surface area contributed by atoms with Crippen molar-refractivity contribution in [2.45, 2.75) is 38.5 Å². The number of halogens is 1. The Labute approximate surface area is 73.6 Å². The minimum Gasteiger partial charge on any atom is -0.126 e. The van der Waals surface area contributed by atoms with Crippen LogP contribution in [0.4, 0.5) is 0 Å². The van der Waals surface area contributed by atoms with Gasteiger partial charge in [0, 0.05) is 5.88 Å². The van der Waals surface area contributed by atoms with Gasteiger partial charge < -0.3 is 0 Å². The molecule has 0 atom stereocenters. The fourth-order valence-electron chi connectivity index (χ4n) is 1.91. The lowest BCUT2D eigenvalue weighted by Crippen LogP contribution is -2.02. The van der Waals surface area contributed by atoms with Crippen LogP contribution >= 0.6 is 11.6 Å². The first-order valence-electron chi connectivity index (χ1n) is 4.59. The first-order chi connectivity index (χ1) is 5.35. The SMILES string of the molecule is ClCC1(CC2=CCCC2)CC1. The molecule has 0 bridgehead atoms. The minimum atomic E-state index is 0.553. The molecule has 0 amide bonds. The van der Waals surface area contributed by atoms with Crippen LogP contribution in [0.25, 0.3) is 0 Å². The lowest BCUT2D eigenvalue weighted by molar-refractivity contribution is 0.565. The van der Waals surface area contributed by atoms with Crippen molar-refractivity contribution in [1.82, 2.24) is 0 Å². The van der Waals surface area contributed by atoms with Gasteiger partial charge >= 0.3 is 0 Å².